The number of fused-ring (bicyclic) bond motifs is 4. The highest BCUT2D eigenvalue weighted by atomic mass is 16.5. The second-order valence-electron chi connectivity index (χ2n) is 3.97. The zero-order valence-corrected chi connectivity index (χ0v) is 7.84. The Hall–Kier alpha value is -1.18. The molecular formula is C8H11N3O4. The molecule has 4 atom stereocenters. The van der Waals surface area contributed by atoms with Gasteiger partial charge in [0.15, 0.2) is 6.23 Å². The van der Waals surface area contributed by atoms with Gasteiger partial charge < -0.3 is 9.84 Å². The molecule has 0 saturated carbocycles. The number of nitrogens with zero attached hydrogens (tertiary/aromatic N) is 1. The standard InChI is InChI=1S/C8H11N3O4/c12-5-1-4-9-3-2-15-7(6(3)13)11(4)8(14)10-5/h3-4,6-7,9,13H,1-2H2,(H,10,12,14)/t3-,4?,6?,7-/m0/s1. The van der Waals surface area contributed by atoms with Crippen molar-refractivity contribution < 1.29 is 19.4 Å². The largest absolute Gasteiger partial charge is 0.387 e. The van der Waals surface area contributed by atoms with Crippen LogP contribution in [0.4, 0.5) is 4.79 Å². The van der Waals surface area contributed by atoms with Gasteiger partial charge >= 0.3 is 6.03 Å². The number of imide groups is 1. The predicted molar refractivity (Wildman–Crippen MR) is 46.5 cm³/mol. The van der Waals surface area contributed by atoms with Crippen molar-refractivity contribution in [3.63, 3.8) is 0 Å². The average Bonchev–Trinajstić information content (AvgIpc) is 2.44. The van der Waals surface area contributed by atoms with E-state index in [-0.39, 0.29) is 24.5 Å². The third kappa shape index (κ3) is 1.17. The lowest BCUT2D eigenvalue weighted by Crippen LogP contribution is -2.70. The van der Waals surface area contributed by atoms with Crippen LogP contribution in [0.5, 0.6) is 0 Å². The first kappa shape index (κ1) is 9.08. The summed E-state index contributed by atoms with van der Waals surface area (Å²) in [6, 6.07) is -0.692. The van der Waals surface area contributed by atoms with Crippen LogP contribution in [0.25, 0.3) is 0 Å². The van der Waals surface area contributed by atoms with Crippen LogP contribution in [0.15, 0.2) is 0 Å². The van der Waals surface area contributed by atoms with Crippen LogP contribution in [0.3, 0.4) is 0 Å². The van der Waals surface area contributed by atoms with Crippen molar-refractivity contribution in [2.24, 2.45) is 0 Å². The first-order valence-corrected chi connectivity index (χ1v) is 4.84. The molecule has 82 valence electrons. The van der Waals surface area contributed by atoms with E-state index < -0.39 is 18.4 Å². The third-order valence-corrected chi connectivity index (χ3v) is 3.03. The van der Waals surface area contributed by atoms with Gasteiger partial charge in [-0.15, -0.1) is 0 Å². The fraction of sp³-hybridized carbons (Fsp3) is 0.750. The number of urea groups is 1. The highest BCUT2D eigenvalue weighted by molar-refractivity contribution is 5.97. The molecule has 2 unspecified atom stereocenters. The Kier molecular flexibility index (Phi) is 1.76. The number of ether oxygens (including phenoxy) is 1. The fourth-order valence-electron chi connectivity index (χ4n) is 2.32. The van der Waals surface area contributed by atoms with E-state index >= 15 is 0 Å². The monoisotopic (exact) mass is 213 g/mol. The fourth-order valence-corrected chi connectivity index (χ4v) is 2.32. The number of rotatable bonds is 0. The normalized spacial score (nSPS) is 43.9. The molecule has 0 aromatic heterocycles. The van der Waals surface area contributed by atoms with Crippen LogP contribution in [-0.2, 0) is 9.53 Å². The summed E-state index contributed by atoms with van der Waals surface area (Å²) >= 11 is 0. The van der Waals surface area contributed by atoms with Gasteiger partial charge in [0.1, 0.15) is 6.10 Å². The number of nitrogens with one attached hydrogen (secondary N) is 2. The smallest absolute Gasteiger partial charge is 0.327 e. The lowest BCUT2D eigenvalue weighted by atomic mass is 10.1. The van der Waals surface area contributed by atoms with Crippen molar-refractivity contribution >= 4 is 11.9 Å². The van der Waals surface area contributed by atoms with E-state index in [1.165, 1.54) is 4.90 Å². The Morgan fingerprint density at radius 3 is 3.07 bits per heavy atom. The van der Waals surface area contributed by atoms with Crippen molar-refractivity contribution in [3.05, 3.63) is 0 Å². The summed E-state index contributed by atoms with van der Waals surface area (Å²) in [5.41, 5.74) is 0. The molecule has 3 rings (SSSR count). The summed E-state index contributed by atoms with van der Waals surface area (Å²) in [4.78, 5) is 24.0. The second kappa shape index (κ2) is 2.91. The number of carbonyl (C=O) groups is 2. The summed E-state index contributed by atoms with van der Waals surface area (Å²) in [6.07, 6.45) is -1.50. The van der Waals surface area contributed by atoms with Crippen molar-refractivity contribution in [3.8, 4) is 0 Å². The molecule has 3 aliphatic rings. The molecule has 3 fully saturated rings. The van der Waals surface area contributed by atoms with Gasteiger partial charge in [-0.1, -0.05) is 0 Å². The van der Waals surface area contributed by atoms with E-state index in [0.717, 1.165) is 0 Å². The molecular weight excluding hydrogens is 202 g/mol. The molecule has 3 amide bonds. The van der Waals surface area contributed by atoms with Gasteiger partial charge in [-0.25, -0.2) is 4.79 Å². The zero-order chi connectivity index (χ0) is 10.6. The van der Waals surface area contributed by atoms with Crippen molar-refractivity contribution in [2.75, 3.05) is 6.61 Å². The summed E-state index contributed by atoms with van der Waals surface area (Å²) in [5.74, 6) is -0.301. The van der Waals surface area contributed by atoms with Crippen molar-refractivity contribution in [2.45, 2.75) is 31.0 Å². The van der Waals surface area contributed by atoms with E-state index in [2.05, 4.69) is 10.6 Å². The molecule has 3 heterocycles. The van der Waals surface area contributed by atoms with Crippen LogP contribution < -0.4 is 10.6 Å². The Morgan fingerprint density at radius 1 is 1.47 bits per heavy atom. The number of hydrogen-bond donors (Lipinski definition) is 3. The Labute approximate surface area is 85.4 Å². The van der Waals surface area contributed by atoms with E-state index in [0.29, 0.717) is 6.61 Å². The van der Waals surface area contributed by atoms with E-state index in [1.807, 2.05) is 0 Å². The maximum atomic E-state index is 11.5. The van der Waals surface area contributed by atoms with Gasteiger partial charge in [-0.05, 0) is 0 Å². The SMILES string of the molecule is O=C1CC2N[C@H]3CO[C@@H](C3O)N2C(=O)N1. The predicted octanol–water partition coefficient (Wildman–Crippen LogP) is -2.06. The van der Waals surface area contributed by atoms with Gasteiger partial charge in [0, 0.05) is 0 Å². The van der Waals surface area contributed by atoms with Crippen LogP contribution in [0, 0.1) is 0 Å². The lowest BCUT2D eigenvalue weighted by Gasteiger charge is -2.44. The van der Waals surface area contributed by atoms with Crippen molar-refractivity contribution in [1.29, 1.82) is 0 Å². The third-order valence-electron chi connectivity index (χ3n) is 3.03. The van der Waals surface area contributed by atoms with Crippen LogP contribution >= 0.6 is 0 Å². The molecule has 0 aromatic carbocycles. The molecule has 3 N–H and O–H groups in total. The van der Waals surface area contributed by atoms with E-state index in [9.17, 15) is 14.7 Å². The lowest BCUT2D eigenvalue weighted by molar-refractivity contribution is -0.131. The Morgan fingerprint density at radius 2 is 2.27 bits per heavy atom. The number of amides is 3. The number of aliphatic hydroxyl groups excluding tert-OH is 1. The Bertz CT molecular complexity index is 334. The summed E-state index contributed by atoms with van der Waals surface area (Å²) in [6.45, 7) is 0.361. The average molecular weight is 213 g/mol. The number of aliphatic hydroxyl groups is 1. The second-order valence-corrected chi connectivity index (χ2v) is 3.97. The maximum Gasteiger partial charge on any atom is 0.327 e. The zero-order valence-electron chi connectivity index (χ0n) is 7.84. The molecule has 2 bridgehead atoms. The topological polar surface area (TPSA) is 90.9 Å². The molecule has 3 saturated heterocycles. The van der Waals surface area contributed by atoms with Crippen molar-refractivity contribution in [1.82, 2.24) is 15.5 Å². The van der Waals surface area contributed by atoms with Gasteiger partial charge in [0.05, 0.1) is 25.2 Å². The number of carbonyl (C=O) groups excluding carboxylic acids is 2. The molecule has 15 heavy (non-hydrogen) atoms. The highest BCUT2D eigenvalue weighted by Gasteiger charge is 2.51. The van der Waals surface area contributed by atoms with Crippen LogP contribution in [0.1, 0.15) is 6.42 Å². The van der Waals surface area contributed by atoms with E-state index in [4.69, 9.17) is 4.74 Å². The molecule has 7 heteroatoms. The Balaban J connectivity index is 1.91. The molecule has 3 aliphatic heterocycles. The highest BCUT2D eigenvalue weighted by Crippen LogP contribution is 2.28. The van der Waals surface area contributed by atoms with Gasteiger partial charge in [0.2, 0.25) is 5.91 Å². The molecule has 0 aromatic rings. The minimum atomic E-state index is -0.722. The first-order chi connectivity index (χ1) is 7.16. The summed E-state index contributed by atoms with van der Waals surface area (Å²) in [7, 11) is 0. The summed E-state index contributed by atoms with van der Waals surface area (Å²) < 4.78 is 5.31. The van der Waals surface area contributed by atoms with Gasteiger partial charge in [-0.2, -0.15) is 0 Å². The molecule has 0 spiro atoms. The molecule has 0 radical (unpaired) electrons. The quantitative estimate of drug-likeness (QED) is 0.430. The minimum Gasteiger partial charge on any atom is -0.387 e. The maximum absolute atomic E-state index is 11.5. The van der Waals surface area contributed by atoms with Crippen LogP contribution in [-0.4, -0.2) is 53.1 Å². The molecule has 0 aliphatic carbocycles. The molecule has 7 nitrogen and oxygen atoms in total. The first-order valence-electron chi connectivity index (χ1n) is 4.84. The van der Waals surface area contributed by atoms with Gasteiger partial charge in [0.25, 0.3) is 0 Å². The van der Waals surface area contributed by atoms with Crippen LogP contribution in [0.2, 0.25) is 0 Å². The number of hydrogen-bond acceptors (Lipinski definition) is 5. The van der Waals surface area contributed by atoms with Gasteiger partial charge in [-0.3, -0.25) is 20.3 Å². The summed E-state index contributed by atoms with van der Waals surface area (Å²) in [5, 5.41) is 15.0. The minimum absolute atomic E-state index is 0.185. The van der Waals surface area contributed by atoms with E-state index in [1.54, 1.807) is 0 Å².